The number of nitrogens with zero attached hydrogens (tertiary/aromatic N) is 1. The number of hydrogen-bond acceptors (Lipinski definition) is 2. The molecule has 1 aromatic carbocycles. The van der Waals surface area contributed by atoms with Gasteiger partial charge in [0, 0.05) is 24.7 Å². The number of carbonyl (C=O) groups is 1. The maximum Gasteiger partial charge on any atom is 0.304 e. The molecule has 4 atom stereocenters. The normalized spacial score (nSPS) is 33.4. The fraction of sp³-hybridized carbons (Fsp3) is 0.611. The first-order valence-corrected chi connectivity index (χ1v) is 8.26. The summed E-state index contributed by atoms with van der Waals surface area (Å²) in [6.45, 7) is 2.02. The molecule has 4 unspecified atom stereocenters. The van der Waals surface area contributed by atoms with Gasteiger partial charge in [0.15, 0.2) is 0 Å². The van der Waals surface area contributed by atoms with Crippen molar-refractivity contribution in [2.75, 3.05) is 18.0 Å². The lowest BCUT2D eigenvalue weighted by atomic mass is 9.88. The Morgan fingerprint density at radius 3 is 2.81 bits per heavy atom. The number of anilines is 1. The summed E-state index contributed by atoms with van der Waals surface area (Å²) in [4.78, 5) is 13.6. The van der Waals surface area contributed by atoms with Crippen molar-refractivity contribution in [3.8, 4) is 0 Å². The highest BCUT2D eigenvalue weighted by atomic mass is 16.4. The second kappa shape index (κ2) is 5.04. The molecule has 4 rings (SSSR count). The molecular formula is C18H23NO2. The van der Waals surface area contributed by atoms with Gasteiger partial charge in [0.2, 0.25) is 0 Å². The molecule has 0 aromatic heterocycles. The predicted molar refractivity (Wildman–Crippen MR) is 82.6 cm³/mol. The van der Waals surface area contributed by atoms with E-state index in [1.807, 2.05) is 6.07 Å². The summed E-state index contributed by atoms with van der Waals surface area (Å²) >= 11 is 0. The van der Waals surface area contributed by atoms with Crippen LogP contribution < -0.4 is 4.90 Å². The molecule has 1 heterocycles. The first kappa shape index (κ1) is 13.2. The molecule has 0 amide bonds. The maximum atomic E-state index is 11.1. The van der Waals surface area contributed by atoms with Crippen LogP contribution in [0.5, 0.6) is 0 Å². The highest BCUT2D eigenvalue weighted by molar-refractivity contribution is 5.71. The van der Waals surface area contributed by atoms with E-state index in [9.17, 15) is 4.79 Å². The average Bonchev–Trinajstić information content (AvgIpc) is 3.15. The van der Waals surface area contributed by atoms with Crippen molar-refractivity contribution in [1.29, 1.82) is 0 Å². The summed E-state index contributed by atoms with van der Waals surface area (Å²) in [6.07, 6.45) is 5.96. The van der Waals surface area contributed by atoms with Gasteiger partial charge < -0.3 is 10.0 Å². The minimum Gasteiger partial charge on any atom is -0.481 e. The van der Waals surface area contributed by atoms with E-state index < -0.39 is 5.97 Å². The fourth-order valence-electron chi connectivity index (χ4n) is 5.02. The Morgan fingerprint density at radius 1 is 1.24 bits per heavy atom. The van der Waals surface area contributed by atoms with Crippen LogP contribution in [0.25, 0.3) is 0 Å². The molecule has 2 saturated carbocycles. The zero-order chi connectivity index (χ0) is 14.4. The monoisotopic (exact) mass is 285 g/mol. The summed E-state index contributed by atoms with van der Waals surface area (Å²) in [5.74, 6) is 2.22. The highest BCUT2D eigenvalue weighted by Crippen LogP contribution is 2.49. The molecule has 3 heteroatoms. The molecule has 2 fully saturated rings. The van der Waals surface area contributed by atoms with Crippen LogP contribution in [-0.2, 0) is 4.79 Å². The number of hydrogen-bond donors (Lipinski definition) is 1. The van der Waals surface area contributed by atoms with Gasteiger partial charge in [-0.1, -0.05) is 24.6 Å². The Kier molecular flexibility index (Phi) is 3.16. The Balaban J connectivity index is 1.52. The molecule has 1 aromatic rings. The van der Waals surface area contributed by atoms with Crippen LogP contribution in [0.15, 0.2) is 24.3 Å². The molecule has 2 bridgehead atoms. The predicted octanol–water partition coefficient (Wildman–Crippen LogP) is 3.50. The van der Waals surface area contributed by atoms with Crippen LogP contribution in [0.4, 0.5) is 5.69 Å². The molecule has 0 saturated heterocycles. The minimum absolute atomic E-state index is 0.164. The second-order valence-corrected chi connectivity index (χ2v) is 7.19. The van der Waals surface area contributed by atoms with Gasteiger partial charge in [-0.2, -0.15) is 0 Å². The third-order valence-electron chi connectivity index (χ3n) is 5.92. The van der Waals surface area contributed by atoms with E-state index in [0.29, 0.717) is 0 Å². The Bertz CT molecular complexity index is 556. The van der Waals surface area contributed by atoms with E-state index in [1.54, 1.807) is 0 Å². The highest BCUT2D eigenvalue weighted by Gasteiger charge is 2.41. The first-order valence-electron chi connectivity index (χ1n) is 8.26. The number of rotatable bonds is 4. The first-order chi connectivity index (χ1) is 10.2. The smallest absolute Gasteiger partial charge is 0.304 e. The molecule has 3 aliphatic rings. The summed E-state index contributed by atoms with van der Waals surface area (Å²) in [7, 11) is 0. The van der Waals surface area contributed by atoms with Crippen LogP contribution in [0.3, 0.4) is 0 Å². The van der Waals surface area contributed by atoms with Crippen molar-refractivity contribution in [2.24, 2.45) is 17.8 Å². The number of carboxylic acids is 1. The van der Waals surface area contributed by atoms with Crippen molar-refractivity contribution in [3.05, 3.63) is 29.8 Å². The van der Waals surface area contributed by atoms with E-state index >= 15 is 0 Å². The molecular weight excluding hydrogens is 262 g/mol. The lowest BCUT2D eigenvalue weighted by molar-refractivity contribution is -0.137. The molecule has 21 heavy (non-hydrogen) atoms. The van der Waals surface area contributed by atoms with Crippen molar-refractivity contribution in [2.45, 2.75) is 38.0 Å². The number of para-hydroxylation sites is 1. The van der Waals surface area contributed by atoms with E-state index in [4.69, 9.17) is 5.11 Å². The zero-order valence-electron chi connectivity index (χ0n) is 12.4. The number of fused-ring (bicyclic) bond motifs is 3. The molecule has 112 valence electrons. The standard InChI is InChI=1S/C18H23NO2/c20-18(21)9-15-11-19(17-4-2-1-3-16(15)17)10-14-8-12-5-6-13(14)7-12/h1-4,12-15H,5-11H2,(H,20,21). The third kappa shape index (κ3) is 2.33. The van der Waals surface area contributed by atoms with Crippen molar-refractivity contribution < 1.29 is 9.90 Å². The van der Waals surface area contributed by atoms with Gasteiger partial charge in [-0.15, -0.1) is 0 Å². The SMILES string of the molecule is O=C(O)CC1CN(CC2CC3CCC2C3)c2ccccc21. The molecule has 1 aliphatic heterocycles. The average molecular weight is 285 g/mol. The summed E-state index contributed by atoms with van der Waals surface area (Å²) in [5.41, 5.74) is 2.52. The van der Waals surface area contributed by atoms with E-state index in [2.05, 4.69) is 23.1 Å². The van der Waals surface area contributed by atoms with Crippen molar-refractivity contribution in [1.82, 2.24) is 0 Å². The van der Waals surface area contributed by atoms with E-state index in [1.165, 1.54) is 36.9 Å². The van der Waals surface area contributed by atoms with Gasteiger partial charge in [0.1, 0.15) is 0 Å². The topological polar surface area (TPSA) is 40.5 Å². The van der Waals surface area contributed by atoms with Gasteiger partial charge in [-0.3, -0.25) is 4.79 Å². The van der Waals surface area contributed by atoms with Crippen LogP contribution in [0, 0.1) is 17.8 Å². The minimum atomic E-state index is -0.684. The van der Waals surface area contributed by atoms with E-state index in [0.717, 1.165) is 30.8 Å². The van der Waals surface area contributed by atoms with Crippen LogP contribution in [-0.4, -0.2) is 24.2 Å². The lowest BCUT2D eigenvalue weighted by Crippen LogP contribution is -2.31. The number of aliphatic carboxylic acids is 1. The molecule has 1 N–H and O–H groups in total. The zero-order valence-corrected chi connectivity index (χ0v) is 12.4. The Morgan fingerprint density at radius 2 is 2.10 bits per heavy atom. The Labute approximate surface area is 126 Å². The lowest BCUT2D eigenvalue weighted by Gasteiger charge is -2.29. The third-order valence-corrected chi connectivity index (χ3v) is 5.92. The van der Waals surface area contributed by atoms with Crippen molar-refractivity contribution >= 4 is 11.7 Å². The number of carboxylic acid groups (broad SMARTS) is 1. The maximum absolute atomic E-state index is 11.1. The van der Waals surface area contributed by atoms with Gasteiger partial charge in [-0.25, -0.2) is 0 Å². The fourth-order valence-corrected chi connectivity index (χ4v) is 5.02. The molecule has 0 radical (unpaired) electrons. The van der Waals surface area contributed by atoms with Crippen LogP contribution in [0.2, 0.25) is 0 Å². The van der Waals surface area contributed by atoms with Crippen molar-refractivity contribution in [3.63, 3.8) is 0 Å². The summed E-state index contributed by atoms with van der Waals surface area (Å²) in [5, 5.41) is 9.14. The van der Waals surface area contributed by atoms with Gasteiger partial charge >= 0.3 is 5.97 Å². The summed E-state index contributed by atoms with van der Waals surface area (Å²) in [6, 6.07) is 8.40. The van der Waals surface area contributed by atoms with Gasteiger partial charge in [0.25, 0.3) is 0 Å². The van der Waals surface area contributed by atoms with Gasteiger partial charge in [-0.05, 0) is 48.6 Å². The number of benzene rings is 1. The molecule has 0 spiro atoms. The quantitative estimate of drug-likeness (QED) is 0.920. The second-order valence-electron chi connectivity index (χ2n) is 7.19. The Hall–Kier alpha value is -1.51. The van der Waals surface area contributed by atoms with Crippen LogP contribution in [0.1, 0.15) is 43.6 Å². The molecule has 2 aliphatic carbocycles. The van der Waals surface area contributed by atoms with Crippen LogP contribution >= 0.6 is 0 Å². The largest absolute Gasteiger partial charge is 0.481 e. The van der Waals surface area contributed by atoms with Gasteiger partial charge in [0.05, 0.1) is 6.42 Å². The molecule has 3 nitrogen and oxygen atoms in total. The summed E-state index contributed by atoms with van der Waals surface area (Å²) < 4.78 is 0. The van der Waals surface area contributed by atoms with E-state index in [-0.39, 0.29) is 12.3 Å².